The van der Waals surface area contributed by atoms with Crippen LogP contribution in [-0.4, -0.2) is 35.2 Å². The van der Waals surface area contributed by atoms with E-state index in [0.29, 0.717) is 0 Å². The summed E-state index contributed by atoms with van der Waals surface area (Å²) >= 11 is 0. The van der Waals surface area contributed by atoms with Crippen LogP contribution in [-0.2, 0) is 18.7 Å². The van der Waals surface area contributed by atoms with Crippen molar-refractivity contribution in [1.29, 1.82) is 0 Å². The van der Waals surface area contributed by atoms with E-state index in [-0.39, 0.29) is 10.8 Å². The van der Waals surface area contributed by atoms with E-state index in [2.05, 4.69) is 38.0 Å². The SMILES string of the molecule is COS(=O)(=O)CC1(O[Si](C)(C)C(C)(C)C)CC1. The minimum Gasteiger partial charge on any atom is -0.410 e. The molecule has 0 unspecified atom stereocenters. The molecule has 1 aliphatic carbocycles. The van der Waals surface area contributed by atoms with Gasteiger partial charge >= 0.3 is 0 Å². The van der Waals surface area contributed by atoms with Crippen molar-refractivity contribution in [1.82, 2.24) is 0 Å². The van der Waals surface area contributed by atoms with Gasteiger partial charge in [-0.2, -0.15) is 8.42 Å². The molecule has 1 saturated carbocycles. The Hall–Kier alpha value is 0.0869. The van der Waals surface area contributed by atoms with Gasteiger partial charge in [-0.05, 0) is 31.0 Å². The molecule has 0 radical (unpaired) electrons. The van der Waals surface area contributed by atoms with Crippen LogP contribution in [0.5, 0.6) is 0 Å². The highest BCUT2D eigenvalue weighted by atomic mass is 32.2. The van der Waals surface area contributed by atoms with Gasteiger partial charge in [-0.25, -0.2) is 0 Å². The van der Waals surface area contributed by atoms with Crippen molar-refractivity contribution in [2.24, 2.45) is 0 Å². The third-order valence-corrected chi connectivity index (χ3v) is 9.72. The van der Waals surface area contributed by atoms with Crippen molar-refractivity contribution < 1.29 is 17.0 Å². The van der Waals surface area contributed by atoms with Gasteiger partial charge in [-0.3, -0.25) is 4.18 Å². The average molecular weight is 280 g/mol. The van der Waals surface area contributed by atoms with E-state index in [9.17, 15) is 8.42 Å². The smallest absolute Gasteiger partial charge is 0.269 e. The summed E-state index contributed by atoms with van der Waals surface area (Å²) in [7, 11) is -4.14. The van der Waals surface area contributed by atoms with Crippen LogP contribution in [0.15, 0.2) is 0 Å². The first kappa shape index (κ1) is 15.1. The Balaban J connectivity index is 2.76. The lowest BCUT2D eigenvalue weighted by molar-refractivity contribution is 0.177. The van der Waals surface area contributed by atoms with Crippen molar-refractivity contribution in [3.63, 3.8) is 0 Å². The maximum Gasteiger partial charge on any atom is 0.269 e. The molecule has 0 N–H and O–H groups in total. The summed E-state index contributed by atoms with van der Waals surface area (Å²) in [5, 5.41) is 0.0967. The van der Waals surface area contributed by atoms with Crippen LogP contribution in [0.1, 0.15) is 33.6 Å². The van der Waals surface area contributed by atoms with Gasteiger partial charge in [0, 0.05) is 0 Å². The first-order chi connectivity index (χ1) is 7.43. The molecule has 17 heavy (non-hydrogen) atoms. The normalized spacial score (nSPS) is 20.4. The Morgan fingerprint density at radius 2 is 1.71 bits per heavy atom. The number of rotatable bonds is 5. The molecule has 0 aromatic heterocycles. The summed E-state index contributed by atoms with van der Waals surface area (Å²) in [4.78, 5) is 0. The van der Waals surface area contributed by atoms with E-state index in [1.165, 1.54) is 7.11 Å². The van der Waals surface area contributed by atoms with E-state index < -0.39 is 24.0 Å². The standard InChI is InChI=1S/C11H24O4SSi/c1-10(2,3)17(5,6)15-11(7-8-11)9-16(12,13)14-4/h7-9H2,1-6H3. The van der Waals surface area contributed by atoms with Crippen LogP contribution < -0.4 is 0 Å². The summed E-state index contributed by atoms with van der Waals surface area (Å²) in [6, 6.07) is 0. The molecule has 0 amide bonds. The van der Waals surface area contributed by atoms with Crippen molar-refractivity contribution in [2.45, 2.75) is 57.3 Å². The average Bonchev–Trinajstić information content (AvgIpc) is 2.80. The predicted octanol–water partition coefficient (Wildman–Crippen LogP) is 2.52. The summed E-state index contributed by atoms with van der Waals surface area (Å²) in [5.41, 5.74) is -0.474. The quantitative estimate of drug-likeness (QED) is 0.573. The molecule has 6 heteroatoms. The Kier molecular flexibility index (Phi) is 3.86. The Morgan fingerprint density at radius 3 is 2.00 bits per heavy atom. The van der Waals surface area contributed by atoms with Crippen LogP contribution in [0.3, 0.4) is 0 Å². The molecule has 0 aromatic rings. The lowest BCUT2D eigenvalue weighted by Crippen LogP contribution is -2.46. The van der Waals surface area contributed by atoms with Crippen molar-refractivity contribution in [2.75, 3.05) is 12.9 Å². The van der Waals surface area contributed by atoms with Gasteiger partial charge in [0.25, 0.3) is 10.1 Å². The van der Waals surface area contributed by atoms with E-state index in [4.69, 9.17) is 4.43 Å². The summed E-state index contributed by atoms with van der Waals surface area (Å²) in [6.45, 7) is 10.7. The molecule has 4 nitrogen and oxygen atoms in total. The largest absolute Gasteiger partial charge is 0.410 e. The molecule has 0 atom stereocenters. The van der Waals surface area contributed by atoms with E-state index in [1.807, 2.05) is 0 Å². The molecule has 1 fully saturated rings. The number of hydrogen-bond acceptors (Lipinski definition) is 4. The maximum atomic E-state index is 11.5. The first-order valence-corrected chi connectivity index (χ1v) is 10.4. The summed E-state index contributed by atoms with van der Waals surface area (Å²) in [5.74, 6) is -0.0109. The fraction of sp³-hybridized carbons (Fsp3) is 1.00. The van der Waals surface area contributed by atoms with Crippen molar-refractivity contribution in [3.05, 3.63) is 0 Å². The third-order valence-electron chi connectivity index (χ3n) is 3.78. The van der Waals surface area contributed by atoms with Gasteiger partial charge in [-0.1, -0.05) is 20.8 Å². The zero-order valence-corrected chi connectivity index (χ0v) is 13.5. The molecule has 0 saturated heterocycles. The van der Waals surface area contributed by atoms with Gasteiger partial charge in [0.2, 0.25) is 0 Å². The third kappa shape index (κ3) is 3.77. The molecule has 0 bridgehead atoms. The maximum absolute atomic E-state index is 11.5. The minimum atomic E-state index is -3.44. The Bertz CT molecular complexity index is 377. The molecular formula is C11H24O4SSi. The van der Waals surface area contributed by atoms with Crippen LogP contribution >= 0.6 is 0 Å². The van der Waals surface area contributed by atoms with Crippen molar-refractivity contribution >= 4 is 18.4 Å². The molecule has 102 valence electrons. The van der Waals surface area contributed by atoms with Crippen LogP contribution in [0.25, 0.3) is 0 Å². The highest BCUT2D eigenvalue weighted by Crippen LogP contribution is 2.48. The highest BCUT2D eigenvalue weighted by molar-refractivity contribution is 7.86. The summed E-state index contributed by atoms with van der Waals surface area (Å²) in [6.07, 6.45) is 1.64. The molecule has 0 spiro atoms. The van der Waals surface area contributed by atoms with Gasteiger partial charge in [-0.15, -0.1) is 0 Å². The lowest BCUT2D eigenvalue weighted by atomic mass is 10.2. The lowest BCUT2D eigenvalue weighted by Gasteiger charge is -2.39. The second-order valence-electron chi connectivity index (χ2n) is 6.41. The van der Waals surface area contributed by atoms with Crippen LogP contribution in [0.4, 0.5) is 0 Å². The fourth-order valence-electron chi connectivity index (χ4n) is 1.49. The topological polar surface area (TPSA) is 52.6 Å². The molecule has 1 aliphatic rings. The molecular weight excluding hydrogens is 256 g/mol. The Morgan fingerprint density at radius 1 is 1.24 bits per heavy atom. The first-order valence-electron chi connectivity index (χ1n) is 5.92. The fourth-order valence-corrected chi connectivity index (χ4v) is 4.37. The zero-order valence-electron chi connectivity index (χ0n) is 11.7. The number of hydrogen-bond donors (Lipinski definition) is 0. The van der Waals surface area contributed by atoms with Crippen molar-refractivity contribution in [3.8, 4) is 0 Å². The monoisotopic (exact) mass is 280 g/mol. The van der Waals surface area contributed by atoms with E-state index >= 15 is 0 Å². The van der Waals surface area contributed by atoms with Gasteiger partial charge in [0.15, 0.2) is 8.32 Å². The highest BCUT2D eigenvalue weighted by Gasteiger charge is 2.53. The second-order valence-corrected chi connectivity index (χ2v) is 12.9. The van der Waals surface area contributed by atoms with E-state index in [1.54, 1.807) is 0 Å². The second kappa shape index (κ2) is 4.33. The van der Waals surface area contributed by atoms with Crippen LogP contribution in [0, 0.1) is 0 Å². The zero-order chi connectivity index (χ0) is 13.5. The Labute approximate surface area is 106 Å². The van der Waals surface area contributed by atoms with E-state index in [0.717, 1.165) is 12.8 Å². The molecule has 0 aliphatic heterocycles. The van der Waals surface area contributed by atoms with Gasteiger partial charge < -0.3 is 4.43 Å². The van der Waals surface area contributed by atoms with Gasteiger partial charge in [0.1, 0.15) is 5.75 Å². The van der Waals surface area contributed by atoms with Gasteiger partial charge in [0.05, 0.1) is 12.7 Å². The summed E-state index contributed by atoms with van der Waals surface area (Å²) < 4.78 is 33.7. The minimum absolute atomic E-state index is 0.0109. The van der Waals surface area contributed by atoms with Crippen LogP contribution in [0.2, 0.25) is 18.1 Å². The molecule has 1 rings (SSSR count). The predicted molar refractivity (Wildman–Crippen MR) is 71.0 cm³/mol. The molecule has 0 aromatic carbocycles. The molecule has 0 heterocycles.